The van der Waals surface area contributed by atoms with Gasteiger partial charge in [-0.2, -0.15) is 0 Å². The first kappa shape index (κ1) is 22.0. The fraction of sp³-hybridized carbons (Fsp3) is 0.348. The topological polar surface area (TPSA) is 96.6 Å². The quantitative estimate of drug-likeness (QED) is 0.507. The molecular weight excluding hydrogens is 432 g/mol. The zero-order valence-electron chi connectivity index (χ0n) is 18.0. The second kappa shape index (κ2) is 9.48. The van der Waals surface area contributed by atoms with Crippen LogP contribution < -0.4 is 19.7 Å². The molecular formula is C23H25ClN4O4. The molecule has 1 saturated heterocycles. The number of imidazole rings is 1. The summed E-state index contributed by atoms with van der Waals surface area (Å²) in [5.41, 5.74) is 2.47. The molecule has 0 bridgehead atoms. The van der Waals surface area contributed by atoms with Crippen molar-refractivity contribution in [3.8, 4) is 11.5 Å². The Kier molecular flexibility index (Phi) is 6.50. The number of methoxy groups -OCH3 is 2. The van der Waals surface area contributed by atoms with Crippen molar-refractivity contribution in [3.05, 3.63) is 47.2 Å². The fourth-order valence-electron chi connectivity index (χ4n) is 3.91. The lowest BCUT2D eigenvalue weighted by molar-refractivity contribution is -0.126. The van der Waals surface area contributed by atoms with Gasteiger partial charge in [0.25, 0.3) is 0 Å². The molecule has 0 spiro atoms. The van der Waals surface area contributed by atoms with Gasteiger partial charge in [-0.05, 0) is 24.6 Å². The summed E-state index contributed by atoms with van der Waals surface area (Å²) in [6.07, 6.45) is 1.62. The van der Waals surface area contributed by atoms with Crippen molar-refractivity contribution in [2.75, 3.05) is 32.2 Å². The van der Waals surface area contributed by atoms with E-state index in [1.54, 1.807) is 17.0 Å². The largest absolute Gasteiger partial charge is 0.495 e. The van der Waals surface area contributed by atoms with E-state index in [0.717, 1.165) is 29.7 Å². The number of amides is 2. The maximum absolute atomic E-state index is 12.7. The first-order chi connectivity index (χ1) is 15.5. The van der Waals surface area contributed by atoms with Crippen LogP contribution in [0.4, 0.5) is 5.69 Å². The van der Waals surface area contributed by atoms with Crippen LogP contribution in [0.25, 0.3) is 11.0 Å². The lowest BCUT2D eigenvalue weighted by Gasteiger charge is -2.21. The van der Waals surface area contributed by atoms with E-state index in [1.165, 1.54) is 14.2 Å². The number of hydrogen-bond acceptors (Lipinski definition) is 5. The monoisotopic (exact) mass is 456 g/mol. The molecule has 9 heteroatoms. The van der Waals surface area contributed by atoms with Gasteiger partial charge in [-0.1, -0.05) is 23.7 Å². The zero-order chi connectivity index (χ0) is 22.7. The van der Waals surface area contributed by atoms with Crippen LogP contribution in [-0.4, -0.2) is 49.1 Å². The molecule has 0 radical (unpaired) electrons. The van der Waals surface area contributed by atoms with Crippen molar-refractivity contribution < 1.29 is 19.1 Å². The molecule has 2 aromatic carbocycles. The number of anilines is 1. The summed E-state index contributed by atoms with van der Waals surface area (Å²) in [5.74, 6) is 1.10. The number of carbonyl (C=O) groups excluding carboxylic acids is 2. The van der Waals surface area contributed by atoms with Crippen LogP contribution in [0.1, 0.15) is 18.7 Å². The summed E-state index contributed by atoms with van der Waals surface area (Å²) < 4.78 is 10.6. The molecule has 8 nitrogen and oxygen atoms in total. The molecule has 0 aliphatic carbocycles. The summed E-state index contributed by atoms with van der Waals surface area (Å²) in [5, 5.41) is 3.31. The number of ether oxygens (including phenoxy) is 2. The summed E-state index contributed by atoms with van der Waals surface area (Å²) in [6.45, 7) is 0.783. The average Bonchev–Trinajstić information content (AvgIpc) is 3.39. The second-order valence-electron chi connectivity index (χ2n) is 7.66. The summed E-state index contributed by atoms with van der Waals surface area (Å²) in [6, 6.07) is 11.1. The molecule has 1 atom stereocenters. The van der Waals surface area contributed by atoms with E-state index in [1.807, 2.05) is 24.3 Å². The molecule has 1 aliphatic heterocycles. The SMILES string of the molecule is COc1cc(OC)c(N2CC(C(=O)NCCCc3nc4ccccc4[nH]3)CC2=O)cc1Cl. The van der Waals surface area contributed by atoms with Crippen LogP contribution in [0.5, 0.6) is 11.5 Å². The number of H-pyrrole nitrogens is 1. The van der Waals surface area contributed by atoms with Gasteiger partial charge < -0.3 is 24.7 Å². The van der Waals surface area contributed by atoms with Crippen LogP contribution in [0.2, 0.25) is 5.02 Å². The van der Waals surface area contributed by atoms with Crippen molar-refractivity contribution >= 4 is 40.1 Å². The first-order valence-electron chi connectivity index (χ1n) is 10.4. The predicted octanol–water partition coefficient (Wildman–Crippen LogP) is 3.34. The van der Waals surface area contributed by atoms with Gasteiger partial charge >= 0.3 is 0 Å². The standard InChI is InChI=1S/C23H25ClN4O4/c1-31-19-12-20(32-2)18(11-15(19)24)28-13-14(10-22(28)29)23(30)25-9-5-8-21-26-16-6-3-4-7-17(16)27-21/h3-4,6-7,11-12,14H,5,8-10,13H2,1-2H3,(H,25,30)(H,26,27). The number of benzene rings is 2. The number of nitrogens with one attached hydrogen (secondary N) is 2. The molecule has 168 valence electrons. The van der Waals surface area contributed by atoms with Gasteiger partial charge in [0.15, 0.2) is 0 Å². The highest BCUT2D eigenvalue weighted by atomic mass is 35.5. The number of carbonyl (C=O) groups is 2. The molecule has 1 fully saturated rings. The summed E-state index contributed by atoms with van der Waals surface area (Å²) in [4.78, 5) is 34.7. The van der Waals surface area contributed by atoms with Gasteiger partial charge in [-0.15, -0.1) is 0 Å². The number of aromatic amines is 1. The number of halogens is 1. The Bertz CT molecular complexity index is 1110. The van der Waals surface area contributed by atoms with Gasteiger partial charge in [-0.25, -0.2) is 4.98 Å². The molecule has 2 N–H and O–H groups in total. The Morgan fingerprint density at radius 1 is 1.25 bits per heavy atom. The molecule has 32 heavy (non-hydrogen) atoms. The number of fused-ring (bicyclic) bond motifs is 1. The van der Waals surface area contributed by atoms with Crippen LogP contribution >= 0.6 is 11.6 Å². The number of aryl methyl sites for hydroxylation is 1. The Balaban J connectivity index is 1.32. The van der Waals surface area contributed by atoms with Gasteiger partial charge in [0.1, 0.15) is 17.3 Å². The molecule has 3 aromatic rings. The first-order valence-corrected chi connectivity index (χ1v) is 10.8. The Labute approximate surface area is 190 Å². The normalized spacial score (nSPS) is 15.9. The number of para-hydroxylation sites is 2. The Hall–Kier alpha value is -3.26. The lowest BCUT2D eigenvalue weighted by Crippen LogP contribution is -2.33. The lowest BCUT2D eigenvalue weighted by atomic mass is 10.1. The van der Waals surface area contributed by atoms with Crippen LogP contribution in [0.3, 0.4) is 0 Å². The second-order valence-corrected chi connectivity index (χ2v) is 8.07. The maximum atomic E-state index is 12.7. The molecule has 4 rings (SSSR count). The highest BCUT2D eigenvalue weighted by Crippen LogP contribution is 2.40. The molecule has 2 heterocycles. The van der Waals surface area contributed by atoms with E-state index in [-0.39, 0.29) is 24.8 Å². The number of nitrogens with zero attached hydrogens (tertiary/aromatic N) is 2. The van der Waals surface area contributed by atoms with Crippen LogP contribution in [0.15, 0.2) is 36.4 Å². The predicted molar refractivity (Wildman–Crippen MR) is 122 cm³/mol. The van der Waals surface area contributed by atoms with Crippen molar-refractivity contribution in [3.63, 3.8) is 0 Å². The van der Waals surface area contributed by atoms with Crippen molar-refractivity contribution in [1.29, 1.82) is 0 Å². The van der Waals surface area contributed by atoms with E-state index in [9.17, 15) is 9.59 Å². The summed E-state index contributed by atoms with van der Waals surface area (Å²) >= 11 is 6.24. The Morgan fingerprint density at radius 2 is 2.03 bits per heavy atom. The highest BCUT2D eigenvalue weighted by molar-refractivity contribution is 6.32. The van der Waals surface area contributed by atoms with Gasteiger partial charge in [0.05, 0.1) is 41.9 Å². The van der Waals surface area contributed by atoms with E-state index in [2.05, 4.69) is 15.3 Å². The van der Waals surface area contributed by atoms with E-state index in [0.29, 0.717) is 28.8 Å². The molecule has 2 amide bonds. The molecule has 1 aromatic heterocycles. The van der Waals surface area contributed by atoms with Crippen molar-refractivity contribution in [1.82, 2.24) is 15.3 Å². The zero-order valence-corrected chi connectivity index (χ0v) is 18.7. The highest BCUT2D eigenvalue weighted by Gasteiger charge is 2.36. The van der Waals surface area contributed by atoms with Gasteiger partial charge in [-0.3, -0.25) is 9.59 Å². The van der Waals surface area contributed by atoms with Gasteiger partial charge in [0.2, 0.25) is 11.8 Å². The molecule has 1 aliphatic rings. The van der Waals surface area contributed by atoms with E-state index in [4.69, 9.17) is 21.1 Å². The summed E-state index contributed by atoms with van der Waals surface area (Å²) in [7, 11) is 3.02. The van der Waals surface area contributed by atoms with Crippen LogP contribution in [-0.2, 0) is 16.0 Å². The number of rotatable bonds is 8. The minimum absolute atomic E-state index is 0.135. The van der Waals surface area contributed by atoms with Crippen molar-refractivity contribution in [2.45, 2.75) is 19.3 Å². The molecule has 0 saturated carbocycles. The third kappa shape index (κ3) is 4.50. The minimum Gasteiger partial charge on any atom is -0.495 e. The van der Waals surface area contributed by atoms with Crippen molar-refractivity contribution in [2.24, 2.45) is 5.92 Å². The maximum Gasteiger partial charge on any atom is 0.227 e. The average molecular weight is 457 g/mol. The number of aromatic nitrogens is 2. The third-order valence-electron chi connectivity index (χ3n) is 5.57. The van der Waals surface area contributed by atoms with E-state index >= 15 is 0 Å². The fourth-order valence-corrected chi connectivity index (χ4v) is 4.14. The van der Waals surface area contributed by atoms with E-state index < -0.39 is 5.92 Å². The van der Waals surface area contributed by atoms with Gasteiger partial charge in [0, 0.05) is 32.0 Å². The third-order valence-corrected chi connectivity index (χ3v) is 5.86. The minimum atomic E-state index is -0.431. The number of hydrogen-bond donors (Lipinski definition) is 2. The smallest absolute Gasteiger partial charge is 0.227 e. The van der Waals surface area contributed by atoms with Crippen LogP contribution in [0, 0.1) is 5.92 Å². The Morgan fingerprint density at radius 3 is 2.78 bits per heavy atom. The molecule has 1 unspecified atom stereocenters.